The molecule has 0 aromatic heterocycles. The van der Waals surface area contributed by atoms with Gasteiger partial charge < -0.3 is 5.32 Å². The van der Waals surface area contributed by atoms with Crippen LogP contribution in [0.25, 0.3) is 10.8 Å². The smallest absolute Gasteiger partial charge is 0.0122 e. The van der Waals surface area contributed by atoms with Crippen molar-refractivity contribution in [2.24, 2.45) is 5.92 Å². The highest BCUT2D eigenvalue weighted by Gasteiger charge is 2.57. The van der Waals surface area contributed by atoms with E-state index in [1.54, 1.807) is 5.56 Å². The minimum absolute atomic E-state index is 0. The van der Waals surface area contributed by atoms with E-state index in [9.17, 15) is 0 Å². The normalized spacial score (nSPS) is 29.8. The van der Waals surface area contributed by atoms with Crippen molar-refractivity contribution in [1.29, 1.82) is 0 Å². The van der Waals surface area contributed by atoms with Crippen molar-refractivity contribution in [3.8, 4) is 0 Å². The van der Waals surface area contributed by atoms with Crippen LogP contribution >= 0.6 is 12.4 Å². The predicted molar refractivity (Wildman–Crippen MR) is 73.9 cm³/mol. The summed E-state index contributed by atoms with van der Waals surface area (Å²) < 4.78 is 0. The van der Waals surface area contributed by atoms with E-state index in [0.717, 1.165) is 5.92 Å². The van der Waals surface area contributed by atoms with Gasteiger partial charge in [-0.05, 0) is 35.2 Å². The molecule has 2 fully saturated rings. The lowest BCUT2D eigenvalue weighted by Crippen LogP contribution is -2.19. The second kappa shape index (κ2) is 3.72. The molecule has 1 aliphatic heterocycles. The fourth-order valence-corrected chi connectivity index (χ4v) is 3.29. The zero-order valence-electron chi connectivity index (χ0n) is 9.65. The first-order valence-corrected chi connectivity index (χ1v) is 6.08. The van der Waals surface area contributed by atoms with Crippen LogP contribution in [0.4, 0.5) is 0 Å². The molecule has 1 saturated heterocycles. The van der Waals surface area contributed by atoms with Gasteiger partial charge in [0.15, 0.2) is 0 Å². The highest BCUT2D eigenvalue weighted by atomic mass is 35.5. The van der Waals surface area contributed by atoms with E-state index in [1.807, 2.05) is 0 Å². The fraction of sp³-hybridized carbons (Fsp3) is 0.333. The SMILES string of the molecule is Cl.c1ccc2cc([C@]34CNCC3C4)ccc2c1. The van der Waals surface area contributed by atoms with Gasteiger partial charge in [0.2, 0.25) is 0 Å². The van der Waals surface area contributed by atoms with E-state index in [0.29, 0.717) is 5.41 Å². The van der Waals surface area contributed by atoms with Gasteiger partial charge in [-0.15, -0.1) is 12.4 Å². The van der Waals surface area contributed by atoms with Crippen molar-refractivity contribution in [2.75, 3.05) is 13.1 Å². The van der Waals surface area contributed by atoms with Gasteiger partial charge >= 0.3 is 0 Å². The number of benzene rings is 2. The maximum Gasteiger partial charge on any atom is 0.0122 e. The second-order valence-electron chi connectivity index (χ2n) is 5.25. The van der Waals surface area contributed by atoms with Gasteiger partial charge in [-0.1, -0.05) is 42.5 Å². The minimum atomic E-state index is 0. The number of piperidine rings is 1. The maximum absolute atomic E-state index is 3.51. The van der Waals surface area contributed by atoms with E-state index in [-0.39, 0.29) is 12.4 Å². The summed E-state index contributed by atoms with van der Waals surface area (Å²) >= 11 is 0. The van der Waals surface area contributed by atoms with E-state index < -0.39 is 0 Å². The average molecular weight is 246 g/mol. The first kappa shape index (κ1) is 11.1. The maximum atomic E-state index is 3.51. The molecule has 17 heavy (non-hydrogen) atoms. The summed E-state index contributed by atoms with van der Waals surface area (Å²) in [7, 11) is 0. The Morgan fingerprint density at radius 3 is 2.59 bits per heavy atom. The monoisotopic (exact) mass is 245 g/mol. The quantitative estimate of drug-likeness (QED) is 0.814. The van der Waals surface area contributed by atoms with Crippen molar-refractivity contribution in [2.45, 2.75) is 11.8 Å². The molecule has 1 N–H and O–H groups in total. The van der Waals surface area contributed by atoms with Crippen LogP contribution in [0.5, 0.6) is 0 Å². The fourth-order valence-electron chi connectivity index (χ4n) is 3.29. The van der Waals surface area contributed by atoms with Gasteiger partial charge in [-0.3, -0.25) is 0 Å². The standard InChI is InChI=1S/C15H15N.ClH/c1-2-4-12-7-13(6-5-11(12)3-1)15-8-14(15)9-16-10-15;/h1-7,14,16H,8-10H2;1H/t14?,15-;/m0./s1. The number of hydrogen-bond acceptors (Lipinski definition) is 1. The third kappa shape index (κ3) is 1.50. The van der Waals surface area contributed by atoms with Crippen LogP contribution in [0.1, 0.15) is 12.0 Å². The molecule has 2 aliphatic rings. The van der Waals surface area contributed by atoms with Gasteiger partial charge in [0.25, 0.3) is 0 Å². The van der Waals surface area contributed by atoms with E-state index in [1.165, 1.54) is 30.3 Å². The summed E-state index contributed by atoms with van der Waals surface area (Å²) in [6.45, 7) is 2.39. The van der Waals surface area contributed by atoms with Crippen molar-refractivity contribution < 1.29 is 0 Å². The van der Waals surface area contributed by atoms with Crippen LogP contribution < -0.4 is 5.32 Å². The number of nitrogens with one attached hydrogen (secondary N) is 1. The van der Waals surface area contributed by atoms with Crippen molar-refractivity contribution in [3.63, 3.8) is 0 Å². The molecule has 1 aliphatic carbocycles. The molecule has 1 saturated carbocycles. The summed E-state index contributed by atoms with van der Waals surface area (Å²) in [5.74, 6) is 0.897. The third-order valence-electron chi connectivity index (χ3n) is 4.39. The lowest BCUT2D eigenvalue weighted by atomic mass is 9.93. The molecule has 1 unspecified atom stereocenters. The molecule has 0 bridgehead atoms. The summed E-state index contributed by atoms with van der Waals surface area (Å²) in [6, 6.07) is 15.6. The summed E-state index contributed by atoms with van der Waals surface area (Å²) in [4.78, 5) is 0. The van der Waals surface area contributed by atoms with E-state index in [4.69, 9.17) is 0 Å². The molecule has 2 atom stereocenters. The van der Waals surface area contributed by atoms with Crippen LogP contribution in [0.2, 0.25) is 0 Å². The van der Waals surface area contributed by atoms with Crippen LogP contribution in [-0.4, -0.2) is 13.1 Å². The first-order valence-electron chi connectivity index (χ1n) is 6.08. The second-order valence-corrected chi connectivity index (χ2v) is 5.25. The summed E-state index contributed by atoms with van der Waals surface area (Å²) in [5, 5.41) is 6.24. The van der Waals surface area contributed by atoms with Gasteiger partial charge in [-0.25, -0.2) is 0 Å². The Balaban J connectivity index is 0.000000902. The number of hydrogen-bond donors (Lipinski definition) is 1. The Bertz CT molecular complexity index is 566. The molecular formula is C15H16ClN. The van der Waals surface area contributed by atoms with Crippen LogP contribution in [-0.2, 0) is 5.41 Å². The molecule has 1 nitrogen and oxygen atoms in total. The highest BCUT2D eigenvalue weighted by Crippen LogP contribution is 2.56. The zero-order valence-corrected chi connectivity index (χ0v) is 10.5. The first-order chi connectivity index (χ1) is 7.88. The zero-order chi connectivity index (χ0) is 10.6. The summed E-state index contributed by atoms with van der Waals surface area (Å²) in [5.41, 5.74) is 2.03. The number of rotatable bonds is 1. The summed E-state index contributed by atoms with van der Waals surface area (Å²) in [6.07, 6.45) is 1.39. The van der Waals surface area contributed by atoms with Gasteiger partial charge in [0, 0.05) is 12.0 Å². The topological polar surface area (TPSA) is 12.0 Å². The molecule has 2 heteroatoms. The number of halogens is 1. The highest BCUT2D eigenvalue weighted by molar-refractivity contribution is 5.85. The molecule has 2 aromatic carbocycles. The van der Waals surface area contributed by atoms with Gasteiger partial charge in [0.1, 0.15) is 0 Å². The van der Waals surface area contributed by atoms with Crippen LogP contribution in [0, 0.1) is 5.92 Å². The Morgan fingerprint density at radius 2 is 1.88 bits per heavy atom. The lowest BCUT2D eigenvalue weighted by Gasteiger charge is -2.13. The van der Waals surface area contributed by atoms with Crippen LogP contribution in [0.3, 0.4) is 0 Å². The van der Waals surface area contributed by atoms with Crippen molar-refractivity contribution >= 4 is 23.2 Å². The average Bonchev–Trinajstić information content (AvgIpc) is 2.92. The lowest BCUT2D eigenvalue weighted by molar-refractivity contribution is 0.676. The Hall–Kier alpha value is -1.05. The van der Waals surface area contributed by atoms with Gasteiger partial charge in [0.05, 0.1) is 0 Å². The molecule has 0 spiro atoms. The molecule has 88 valence electrons. The molecule has 0 amide bonds. The molecule has 0 radical (unpaired) electrons. The molecular weight excluding hydrogens is 230 g/mol. The van der Waals surface area contributed by atoms with Crippen molar-refractivity contribution in [3.05, 3.63) is 48.0 Å². The Morgan fingerprint density at radius 1 is 1.06 bits per heavy atom. The van der Waals surface area contributed by atoms with Gasteiger partial charge in [-0.2, -0.15) is 0 Å². The largest absolute Gasteiger partial charge is 0.316 e. The van der Waals surface area contributed by atoms with E-state index in [2.05, 4.69) is 47.8 Å². The predicted octanol–water partition coefficient (Wildman–Crippen LogP) is 3.12. The third-order valence-corrected chi connectivity index (χ3v) is 4.39. The minimum Gasteiger partial charge on any atom is -0.316 e. The molecule has 1 heterocycles. The van der Waals surface area contributed by atoms with Crippen molar-refractivity contribution in [1.82, 2.24) is 5.32 Å². The Kier molecular flexibility index (Phi) is 2.42. The molecule has 2 aromatic rings. The van der Waals surface area contributed by atoms with Crippen LogP contribution in [0.15, 0.2) is 42.5 Å². The Labute approximate surface area is 108 Å². The number of fused-ring (bicyclic) bond motifs is 2. The molecule has 4 rings (SSSR count). The van der Waals surface area contributed by atoms with E-state index >= 15 is 0 Å².